The molecule has 3 nitrogen and oxygen atoms in total. The second-order valence-corrected chi connectivity index (χ2v) is 2.61. The van der Waals surface area contributed by atoms with Crippen molar-refractivity contribution in [2.45, 2.75) is 13.8 Å². The van der Waals surface area contributed by atoms with Gasteiger partial charge in [-0.05, 0) is 14.1 Å². The van der Waals surface area contributed by atoms with Crippen molar-refractivity contribution in [3.05, 3.63) is 0 Å². The van der Waals surface area contributed by atoms with Crippen LogP contribution in [-0.4, -0.2) is 62.3 Å². The lowest BCUT2D eigenvalue weighted by Crippen LogP contribution is -2.42. The van der Waals surface area contributed by atoms with Gasteiger partial charge in [-0.15, -0.1) is 0 Å². The summed E-state index contributed by atoms with van der Waals surface area (Å²) in [5, 5.41) is 7.00. The number of piperazine rings is 1. The Morgan fingerprint density at radius 3 is 1.08 bits per heavy atom. The molecule has 0 saturated carbocycles. The lowest BCUT2D eigenvalue weighted by Gasteiger charge is -2.28. The minimum Gasteiger partial charge on any atom is -0.400 e. The van der Waals surface area contributed by atoms with E-state index >= 15 is 0 Å². The van der Waals surface area contributed by atoms with Gasteiger partial charge in [0, 0.05) is 33.3 Å². The molecule has 0 bridgehead atoms. The summed E-state index contributed by atoms with van der Waals surface area (Å²) >= 11 is 0. The minimum atomic E-state index is 1.00. The van der Waals surface area contributed by atoms with Gasteiger partial charge in [0.15, 0.2) is 0 Å². The predicted molar refractivity (Wildman–Crippen MR) is 54.5 cm³/mol. The van der Waals surface area contributed by atoms with Crippen molar-refractivity contribution in [2.75, 3.05) is 47.4 Å². The van der Waals surface area contributed by atoms with Gasteiger partial charge in [0.2, 0.25) is 0 Å². The molecule has 0 aromatic carbocycles. The molecule has 1 heterocycles. The highest BCUT2D eigenvalue weighted by Gasteiger charge is 2.07. The Kier molecular flexibility index (Phi) is 13.1. The molecular weight excluding hydrogens is 152 g/mol. The third-order valence-corrected chi connectivity index (χ3v) is 1.73. The molecule has 1 aliphatic rings. The molecule has 0 atom stereocenters. The molecule has 1 rings (SSSR count). The number of rotatable bonds is 0. The van der Waals surface area contributed by atoms with Crippen LogP contribution >= 0.6 is 0 Å². The van der Waals surface area contributed by atoms with Gasteiger partial charge in [-0.25, -0.2) is 0 Å². The normalized spacial score (nSPS) is 18.5. The Balaban J connectivity index is 0. The summed E-state index contributed by atoms with van der Waals surface area (Å²) in [6, 6.07) is 0. The zero-order valence-corrected chi connectivity index (χ0v) is 9.17. The molecule has 0 aromatic rings. The summed E-state index contributed by atoms with van der Waals surface area (Å²) in [5.74, 6) is 0. The quantitative estimate of drug-likeness (QED) is 0.582. The van der Waals surface area contributed by atoms with Crippen molar-refractivity contribution in [2.24, 2.45) is 0 Å². The van der Waals surface area contributed by atoms with Crippen LogP contribution in [0.4, 0.5) is 0 Å². The van der Waals surface area contributed by atoms with Gasteiger partial charge < -0.3 is 14.9 Å². The first-order chi connectivity index (χ1) is 5.79. The Morgan fingerprint density at radius 2 is 0.917 bits per heavy atom. The number of hydrogen-bond acceptors (Lipinski definition) is 3. The average molecular weight is 176 g/mol. The number of likely N-dealkylation sites (N-methyl/N-ethyl adjacent to an activating group) is 2. The zero-order valence-electron chi connectivity index (χ0n) is 9.17. The highest BCUT2D eigenvalue weighted by atomic mass is 16.2. The lowest BCUT2D eigenvalue weighted by atomic mass is 10.4. The van der Waals surface area contributed by atoms with Gasteiger partial charge >= 0.3 is 0 Å². The molecule has 1 saturated heterocycles. The first-order valence-corrected chi connectivity index (χ1v) is 4.61. The first kappa shape index (κ1) is 14.4. The summed E-state index contributed by atoms with van der Waals surface area (Å²) in [6.45, 7) is 8.93. The van der Waals surface area contributed by atoms with Crippen molar-refractivity contribution >= 4 is 0 Å². The molecule has 0 spiro atoms. The fourth-order valence-corrected chi connectivity index (χ4v) is 0.906. The molecule has 0 aromatic heterocycles. The van der Waals surface area contributed by atoms with E-state index < -0.39 is 0 Å². The standard InChI is InChI=1S/C6H14N2.C2H6.CH4O/c1-7-3-5-8(2)6-4-7;2*1-2/h3-6H2,1-2H3;1-2H3;2H,1H3. The minimum absolute atomic E-state index is 1.00. The van der Waals surface area contributed by atoms with E-state index in [2.05, 4.69) is 23.9 Å². The van der Waals surface area contributed by atoms with E-state index in [0.717, 1.165) is 7.11 Å². The number of aliphatic hydroxyl groups excluding tert-OH is 1. The van der Waals surface area contributed by atoms with E-state index in [1.165, 1.54) is 26.2 Å². The molecule has 1 N–H and O–H groups in total. The van der Waals surface area contributed by atoms with Gasteiger partial charge in [-0.1, -0.05) is 13.8 Å². The SMILES string of the molecule is CC.CN1CCN(C)CC1.CO. The van der Waals surface area contributed by atoms with Crippen molar-refractivity contribution < 1.29 is 5.11 Å². The van der Waals surface area contributed by atoms with Crippen LogP contribution in [0.5, 0.6) is 0 Å². The van der Waals surface area contributed by atoms with E-state index in [0.29, 0.717) is 0 Å². The molecule has 0 radical (unpaired) electrons. The van der Waals surface area contributed by atoms with E-state index in [-0.39, 0.29) is 0 Å². The molecular formula is C9H24N2O. The Labute approximate surface area is 77.0 Å². The fourth-order valence-electron chi connectivity index (χ4n) is 0.906. The highest BCUT2D eigenvalue weighted by molar-refractivity contribution is 4.64. The maximum absolute atomic E-state index is 7.00. The van der Waals surface area contributed by atoms with Crippen LogP contribution in [0.15, 0.2) is 0 Å². The van der Waals surface area contributed by atoms with Crippen molar-refractivity contribution in [3.8, 4) is 0 Å². The smallest absolute Gasteiger partial charge is 0.0319 e. The van der Waals surface area contributed by atoms with Crippen LogP contribution in [0.1, 0.15) is 13.8 Å². The maximum Gasteiger partial charge on any atom is 0.0319 e. The molecule has 1 aliphatic heterocycles. The largest absolute Gasteiger partial charge is 0.400 e. The summed E-state index contributed by atoms with van der Waals surface area (Å²) in [4.78, 5) is 4.72. The predicted octanol–water partition coefficient (Wildman–Crippen LogP) is 0.498. The van der Waals surface area contributed by atoms with Gasteiger partial charge in [0.1, 0.15) is 0 Å². The molecule has 12 heavy (non-hydrogen) atoms. The van der Waals surface area contributed by atoms with Crippen LogP contribution in [0.25, 0.3) is 0 Å². The van der Waals surface area contributed by atoms with Crippen LogP contribution in [0, 0.1) is 0 Å². The third kappa shape index (κ3) is 7.98. The van der Waals surface area contributed by atoms with Crippen LogP contribution in [-0.2, 0) is 0 Å². The fraction of sp³-hybridized carbons (Fsp3) is 1.00. The maximum atomic E-state index is 7.00. The first-order valence-electron chi connectivity index (χ1n) is 4.61. The van der Waals surface area contributed by atoms with E-state index in [1.54, 1.807) is 0 Å². The summed E-state index contributed by atoms with van der Waals surface area (Å²) in [5.41, 5.74) is 0. The molecule has 3 heteroatoms. The van der Waals surface area contributed by atoms with Crippen LogP contribution < -0.4 is 0 Å². The number of hydrogen-bond donors (Lipinski definition) is 1. The highest BCUT2D eigenvalue weighted by Crippen LogP contribution is 1.93. The Bertz CT molecular complexity index is 60.9. The summed E-state index contributed by atoms with van der Waals surface area (Å²) in [7, 11) is 5.35. The molecule has 0 aliphatic carbocycles. The van der Waals surface area contributed by atoms with Crippen LogP contribution in [0.3, 0.4) is 0 Å². The van der Waals surface area contributed by atoms with Crippen LogP contribution in [0.2, 0.25) is 0 Å². The van der Waals surface area contributed by atoms with Crippen molar-refractivity contribution in [1.29, 1.82) is 0 Å². The van der Waals surface area contributed by atoms with Gasteiger partial charge in [-0.3, -0.25) is 0 Å². The topological polar surface area (TPSA) is 26.7 Å². The van der Waals surface area contributed by atoms with E-state index in [4.69, 9.17) is 5.11 Å². The average Bonchev–Trinajstić information content (AvgIpc) is 2.17. The molecule has 0 amide bonds. The van der Waals surface area contributed by atoms with Gasteiger partial charge in [0.05, 0.1) is 0 Å². The van der Waals surface area contributed by atoms with E-state index in [1.807, 2.05) is 13.8 Å². The zero-order chi connectivity index (χ0) is 9.98. The third-order valence-electron chi connectivity index (χ3n) is 1.73. The molecule has 1 fully saturated rings. The second-order valence-electron chi connectivity index (χ2n) is 2.61. The van der Waals surface area contributed by atoms with E-state index in [9.17, 15) is 0 Å². The number of nitrogens with zero attached hydrogens (tertiary/aromatic N) is 2. The molecule has 76 valence electrons. The monoisotopic (exact) mass is 176 g/mol. The van der Waals surface area contributed by atoms with Crippen molar-refractivity contribution in [1.82, 2.24) is 9.80 Å². The summed E-state index contributed by atoms with van der Waals surface area (Å²) in [6.07, 6.45) is 0. The lowest BCUT2D eigenvalue weighted by molar-refractivity contribution is 0.181. The van der Waals surface area contributed by atoms with Crippen molar-refractivity contribution in [3.63, 3.8) is 0 Å². The Morgan fingerprint density at radius 1 is 0.750 bits per heavy atom. The second kappa shape index (κ2) is 10.9. The Hall–Kier alpha value is -0.120. The molecule has 0 unspecified atom stereocenters. The number of aliphatic hydroxyl groups is 1. The van der Waals surface area contributed by atoms with Gasteiger partial charge in [-0.2, -0.15) is 0 Å². The van der Waals surface area contributed by atoms with Gasteiger partial charge in [0.25, 0.3) is 0 Å². The summed E-state index contributed by atoms with van der Waals surface area (Å²) < 4.78 is 0.